The number of rotatable bonds is 5. The Kier molecular flexibility index (Phi) is 5.14. The molecular formula is C20H20FN3O2S. The Morgan fingerprint density at radius 2 is 1.63 bits per heavy atom. The molecule has 0 aliphatic rings. The molecule has 140 valence electrons. The molecule has 27 heavy (non-hydrogen) atoms. The van der Waals surface area contributed by atoms with Crippen LogP contribution in [-0.2, 0) is 10.0 Å². The molecule has 2 aromatic carbocycles. The molecule has 3 aromatic rings. The van der Waals surface area contributed by atoms with Crippen LogP contribution in [0, 0.1) is 26.6 Å². The van der Waals surface area contributed by atoms with Gasteiger partial charge in [0.1, 0.15) is 11.6 Å². The van der Waals surface area contributed by atoms with Crippen LogP contribution >= 0.6 is 0 Å². The largest absolute Gasteiger partial charge is 0.354 e. The van der Waals surface area contributed by atoms with Crippen molar-refractivity contribution in [3.63, 3.8) is 0 Å². The summed E-state index contributed by atoms with van der Waals surface area (Å²) in [5.74, 6) is -0.266. The standard InChI is InChI=1S/C20H20FN3O2S/c1-13-5-4-6-14(2)20(13)23-16-7-10-19(22-12-16)24-27(25,26)17-8-9-18(21)15(3)11-17/h4-12,23H,1-3H3,(H,22,24). The van der Waals surface area contributed by atoms with Crippen molar-refractivity contribution in [2.75, 3.05) is 10.0 Å². The monoisotopic (exact) mass is 385 g/mol. The zero-order valence-electron chi connectivity index (χ0n) is 15.2. The van der Waals surface area contributed by atoms with Gasteiger partial charge in [0, 0.05) is 5.69 Å². The van der Waals surface area contributed by atoms with E-state index >= 15 is 0 Å². The molecule has 0 atom stereocenters. The fourth-order valence-corrected chi connectivity index (χ4v) is 3.76. The Hall–Kier alpha value is -2.93. The van der Waals surface area contributed by atoms with E-state index in [1.165, 1.54) is 19.1 Å². The Bertz CT molecular complexity index is 1060. The van der Waals surface area contributed by atoms with Gasteiger partial charge >= 0.3 is 0 Å². The molecule has 3 rings (SSSR count). The number of halogens is 1. The van der Waals surface area contributed by atoms with E-state index in [2.05, 4.69) is 15.0 Å². The van der Waals surface area contributed by atoms with E-state index < -0.39 is 15.8 Å². The Morgan fingerprint density at radius 1 is 0.926 bits per heavy atom. The topological polar surface area (TPSA) is 71.1 Å². The first-order valence-electron chi connectivity index (χ1n) is 8.34. The molecule has 1 heterocycles. The maximum atomic E-state index is 13.4. The molecule has 0 radical (unpaired) electrons. The van der Waals surface area contributed by atoms with Crippen LogP contribution in [0.5, 0.6) is 0 Å². The lowest BCUT2D eigenvalue weighted by atomic mass is 10.1. The summed E-state index contributed by atoms with van der Waals surface area (Å²) in [7, 11) is -3.84. The van der Waals surface area contributed by atoms with Gasteiger partial charge < -0.3 is 5.32 Å². The number of benzene rings is 2. The summed E-state index contributed by atoms with van der Waals surface area (Å²) in [4.78, 5) is 4.14. The van der Waals surface area contributed by atoms with E-state index in [-0.39, 0.29) is 16.3 Å². The first kappa shape index (κ1) is 18.8. The molecule has 0 saturated carbocycles. The predicted octanol–water partition coefficient (Wildman–Crippen LogP) is 4.69. The van der Waals surface area contributed by atoms with E-state index in [1.54, 1.807) is 18.3 Å². The van der Waals surface area contributed by atoms with Gasteiger partial charge in [-0.2, -0.15) is 0 Å². The van der Waals surface area contributed by atoms with Gasteiger partial charge in [0.15, 0.2) is 0 Å². The van der Waals surface area contributed by atoms with Crippen molar-refractivity contribution >= 4 is 27.2 Å². The summed E-state index contributed by atoms with van der Waals surface area (Å²) < 4.78 is 40.6. The smallest absolute Gasteiger partial charge is 0.263 e. The third kappa shape index (κ3) is 4.25. The molecule has 7 heteroatoms. The first-order valence-corrected chi connectivity index (χ1v) is 9.83. The van der Waals surface area contributed by atoms with Crippen LogP contribution in [0.2, 0.25) is 0 Å². The molecular weight excluding hydrogens is 365 g/mol. The van der Waals surface area contributed by atoms with Crippen LogP contribution in [0.25, 0.3) is 0 Å². The van der Waals surface area contributed by atoms with Crippen molar-refractivity contribution in [2.24, 2.45) is 0 Å². The van der Waals surface area contributed by atoms with Crippen molar-refractivity contribution < 1.29 is 12.8 Å². The summed E-state index contributed by atoms with van der Waals surface area (Å²) in [6.07, 6.45) is 1.56. The fraction of sp³-hybridized carbons (Fsp3) is 0.150. The number of aromatic nitrogens is 1. The minimum Gasteiger partial charge on any atom is -0.354 e. The Labute approximate surface area is 158 Å². The van der Waals surface area contributed by atoms with E-state index in [1.807, 2.05) is 32.0 Å². The van der Waals surface area contributed by atoms with Crippen LogP contribution in [0.15, 0.2) is 59.6 Å². The minimum atomic E-state index is -3.84. The van der Waals surface area contributed by atoms with Gasteiger partial charge in [0.2, 0.25) is 0 Å². The average molecular weight is 385 g/mol. The van der Waals surface area contributed by atoms with Gasteiger partial charge in [0.05, 0.1) is 16.8 Å². The number of hydrogen-bond acceptors (Lipinski definition) is 4. The van der Waals surface area contributed by atoms with Crippen molar-refractivity contribution in [1.29, 1.82) is 0 Å². The van der Waals surface area contributed by atoms with Crippen molar-refractivity contribution in [2.45, 2.75) is 25.7 Å². The van der Waals surface area contributed by atoms with Gasteiger partial charge in [-0.1, -0.05) is 18.2 Å². The van der Waals surface area contributed by atoms with Crippen molar-refractivity contribution in [3.05, 3.63) is 77.2 Å². The molecule has 0 aliphatic carbocycles. The number of para-hydroxylation sites is 1. The maximum absolute atomic E-state index is 13.4. The number of nitrogens with one attached hydrogen (secondary N) is 2. The van der Waals surface area contributed by atoms with Crippen LogP contribution in [0.1, 0.15) is 16.7 Å². The number of hydrogen-bond donors (Lipinski definition) is 2. The summed E-state index contributed by atoms with van der Waals surface area (Å²) in [6, 6.07) is 13.0. The molecule has 1 aromatic heterocycles. The lowest BCUT2D eigenvalue weighted by molar-refractivity contribution is 0.598. The van der Waals surface area contributed by atoms with Gasteiger partial charge in [-0.3, -0.25) is 4.72 Å². The Morgan fingerprint density at radius 3 is 2.22 bits per heavy atom. The molecule has 0 unspecified atom stereocenters. The maximum Gasteiger partial charge on any atom is 0.263 e. The number of aryl methyl sites for hydroxylation is 3. The lowest BCUT2D eigenvalue weighted by Crippen LogP contribution is -2.14. The second kappa shape index (κ2) is 7.36. The van der Waals surface area contributed by atoms with E-state index in [4.69, 9.17) is 0 Å². The van der Waals surface area contributed by atoms with Crippen LogP contribution in [0.3, 0.4) is 0 Å². The van der Waals surface area contributed by atoms with Crippen molar-refractivity contribution in [1.82, 2.24) is 4.98 Å². The van der Waals surface area contributed by atoms with Crippen LogP contribution < -0.4 is 10.0 Å². The van der Waals surface area contributed by atoms with Gasteiger partial charge in [0.25, 0.3) is 10.0 Å². The lowest BCUT2D eigenvalue weighted by Gasteiger charge is -2.13. The quantitative estimate of drug-likeness (QED) is 0.668. The van der Waals surface area contributed by atoms with Gasteiger partial charge in [-0.15, -0.1) is 0 Å². The summed E-state index contributed by atoms with van der Waals surface area (Å²) in [5, 5.41) is 3.29. The molecule has 0 aliphatic heterocycles. The Balaban J connectivity index is 1.78. The molecule has 2 N–H and O–H groups in total. The third-order valence-electron chi connectivity index (χ3n) is 4.19. The zero-order chi connectivity index (χ0) is 19.6. The SMILES string of the molecule is Cc1cc(S(=O)(=O)Nc2ccc(Nc3c(C)cccc3C)cn2)ccc1F. The number of sulfonamides is 1. The highest BCUT2D eigenvalue weighted by Gasteiger charge is 2.16. The molecule has 0 fully saturated rings. The number of pyridine rings is 1. The molecule has 0 spiro atoms. The second-order valence-electron chi connectivity index (χ2n) is 6.34. The van der Waals surface area contributed by atoms with Gasteiger partial charge in [-0.25, -0.2) is 17.8 Å². The molecule has 0 bridgehead atoms. The van der Waals surface area contributed by atoms with Crippen molar-refractivity contribution in [3.8, 4) is 0 Å². The highest BCUT2D eigenvalue weighted by Crippen LogP contribution is 2.25. The number of anilines is 3. The van der Waals surface area contributed by atoms with E-state index in [0.29, 0.717) is 0 Å². The normalized spacial score (nSPS) is 11.3. The minimum absolute atomic E-state index is 0.0130. The van der Waals surface area contributed by atoms with Gasteiger partial charge in [-0.05, 0) is 67.8 Å². The van der Waals surface area contributed by atoms with Crippen LogP contribution in [0.4, 0.5) is 21.6 Å². The molecule has 5 nitrogen and oxygen atoms in total. The highest BCUT2D eigenvalue weighted by molar-refractivity contribution is 7.92. The van der Waals surface area contributed by atoms with E-state index in [9.17, 15) is 12.8 Å². The number of nitrogens with zero attached hydrogens (tertiary/aromatic N) is 1. The first-order chi connectivity index (χ1) is 12.8. The summed E-state index contributed by atoms with van der Waals surface area (Å²) >= 11 is 0. The highest BCUT2D eigenvalue weighted by atomic mass is 32.2. The van der Waals surface area contributed by atoms with E-state index in [0.717, 1.165) is 28.6 Å². The second-order valence-corrected chi connectivity index (χ2v) is 8.02. The van der Waals surface area contributed by atoms with Crippen LogP contribution in [-0.4, -0.2) is 13.4 Å². The fourth-order valence-electron chi connectivity index (χ4n) is 2.67. The third-order valence-corrected chi connectivity index (χ3v) is 5.54. The average Bonchev–Trinajstić information content (AvgIpc) is 2.62. The summed E-state index contributed by atoms with van der Waals surface area (Å²) in [5.41, 5.74) is 4.21. The summed E-state index contributed by atoms with van der Waals surface area (Å²) in [6.45, 7) is 5.53. The molecule has 0 saturated heterocycles. The predicted molar refractivity (Wildman–Crippen MR) is 105 cm³/mol. The molecule has 0 amide bonds. The zero-order valence-corrected chi connectivity index (χ0v) is 16.1.